The number of hydrogen-bond acceptors (Lipinski definition) is 2. The van der Waals surface area contributed by atoms with Crippen molar-refractivity contribution in [3.63, 3.8) is 0 Å². The molecular formula is C8H14O2. The minimum Gasteiger partial charge on any atom is -0.392 e. The van der Waals surface area contributed by atoms with Gasteiger partial charge in [-0.3, -0.25) is 0 Å². The van der Waals surface area contributed by atoms with Gasteiger partial charge in [-0.2, -0.15) is 0 Å². The fourth-order valence-corrected chi connectivity index (χ4v) is 0.627. The molecule has 2 heteroatoms. The molecule has 0 aliphatic heterocycles. The van der Waals surface area contributed by atoms with E-state index in [1.165, 1.54) is 0 Å². The minimum absolute atomic E-state index is 0.244. The molecule has 2 nitrogen and oxygen atoms in total. The SMILES string of the molecule is CC/C=C\CC(O)CC=O. The van der Waals surface area contributed by atoms with E-state index in [9.17, 15) is 4.79 Å². The maximum atomic E-state index is 9.86. The Morgan fingerprint density at radius 2 is 2.10 bits per heavy atom. The molecule has 0 saturated heterocycles. The first-order valence-electron chi connectivity index (χ1n) is 3.58. The standard InChI is InChI=1S/C8H14O2/c1-2-3-4-5-8(10)6-7-9/h3-4,7-8,10H,2,5-6H2,1H3/b4-3-. The summed E-state index contributed by atoms with van der Waals surface area (Å²) in [5.41, 5.74) is 0. The predicted octanol–water partition coefficient (Wildman–Crippen LogP) is 1.29. The molecule has 1 N–H and O–H groups in total. The lowest BCUT2D eigenvalue weighted by molar-refractivity contribution is -0.109. The summed E-state index contributed by atoms with van der Waals surface area (Å²) in [6.45, 7) is 2.03. The molecule has 0 aromatic rings. The smallest absolute Gasteiger partial charge is 0.122 e. The Balaban J connectivity index is 3.28. The fraction of sp³-hybridized carbons (Fsp3) is 0.625. The summed E-state index contributed by atoms with van der Waals surface area (Å²) >= 11 is 0. The van der Waals surface area contributed by atoms with Gasteiger partial charge in [0.15, 0.2) is 0 Å². The first-order chi connectivity index (χ1) is 4.81. The van der Waals surface area contributed by atoms with Gasteiger partial charge in [-0.05, 0) is 12.8 Å². The number of hydrogen-bond donors (Lipinski definition) is 1. The largest absolute Gasteiger partial charge is 0.392 e. The van der Waals surface area contributed by atoms with Crippen LogP contribution in [0.5, 0.6) is 0 Å². The topological polar surface area (TPSA) is 37.3 Å². The highest BCUT2D eigenvalue weighted by molar-refractivity contribution is 5.50. The third-order valence-electron chi connectivity index (χ3n) is 1.18. The Labute approximate surface area is 61.6 Å². The van der Waals surface area contributed by atoms with Gasteiger partial charge in [-0.1, -0.05) is 19.1 Å². The number of allylic oxidation sites excluding steroid dienone is 1. The van der Waals surface area contributed by atoms with Gasteiger partial charge in [-0.25, -0.2) is 0 Å². The Kier molecular flexibility index (Phi) is 6.08. The molecule has 0 spiro atoms. The van der Waals surface area contributed by atoms with Crippen molar-refractivity contribution in [2.45, 2.75) is 32.3 Å². The lowest BCUT2D eigenvalue weighted by atomic mass is 10.2. The summed E-state index contributed by atoms with van der Waals surface area (Å²) in [6, 6.07) is 0. The van der Waals surface area contributed by atoms with E-state index in [-0.39, 0.29) is 6.42 Å². The first-order valence-corrected chi connectivity index (χ1v) is 3.58. The molecule has 58 valence electrons. The molecule has 0 fully saturated rings. The molecule has 0 rings (SSSR count). The summed E-state index contributed by atoms with van der Waals surface area (Å²) in [6.07, 6.45) is 5.95. The van der Waals surface area contributed by atoms with Gasteiger partial charge < -0.3 is 9.90 Å². The molecule has 0 aliphatic rings. The van der Waals surface area contributed by atoms with E-state index in [1.807, 2.05) is 19.1 Å². The molecule has 0 aromatic heterocycles. The summed E-state index contributed by atoms with van der Waals surface area (Å²) in [7, 11) is 0. The van der Waals surface area contributed by atoms with Crippen LogP contribution in [0.15, 0.2) is 12.2 Å². The Bertz CT molecular complexity index is 108. The van der Waals surface area contributed by atoms with Crippen molar-refractivity contribution < 1.29 is 9.90 Å². The van der Waals surface area contributed by atoms with E-state index < -0.39 is 6.10 Å². The molecule has 0 radical (unpaired) electrons. The van der Waals surface area contributed by atoms with Gasteiger partial charge in [0.25, 0.3) is 0 Å². The van der Waals surface area contributed by atoms with E-state index >= 15 is 0 Å². The van der Waals surface area contributed by atoms with E-state index in [2.05, 4.69) is 0 Å². The molecule has 0 aromatic carbocycles. The second-order valence-electron chi connectivity index (χ2n) is 2.17. The van der Waals surface area contributed by atoms with Crippen LogP contribution in [0.2, 0.25) is 0 Å². The monoisotopic (exact) mass is 142 g/mol. The predicted molar refractivity (Wildman–Crippen MR) is 40.7 cm³/mol. The normalized spacial score (nSPS) is 13.8. The van der Waals surface area contributed by atoms with E-state index in [0.717, 1.165) is 12.7 Å². The Hall–Kier alpha value is -0.630. The molecule has 0 aliphatic carbocycles. The van der Waals surface area contributed by atoms with Gasteiger partial charge in [0, 0.05) is 6.42 Å². The van der Waals surface area contributed by atoms with Crippen LogP contribution in [-0.2, 0) is 4.79 Å². The van der Waals surface area contributed by atoms with Crippen LogP contribution in [-0.4, -0.2) is 17.5 Å². The highest BCUT2D eigenvalue weighted by Gasteiger charge is 1.97. The molecule has 0 bridgehead atoms. The average Bonchev–Trinajstić information content (AvgIpc) is 1.89. The molecule has 1 atom stereocenters. The van der Waals surface area contributed by atoms with Crippen LogP contribution in [0.25, 0.3) is 0 Å². The van der Waals surface area contributed by atoms with Crippen molar-refractivity contribution >= 4 is 6.29 Å². The maximum absolute atomic E-state index is 9.86. The van der Waals surface area contributed by atoms with Crippen LogP contribution in [0, 0.1) is 0 Å². The molecule has 0 saturated carbocycles. The van der Waals surface area contributed by atoms with E-state index in [1.54, 1.807) is 0 Å². The first kappa shape index (κ1) is 9.37. The maximum Gasteiger partial charge on any atom is 0.122 e. The number of carbonyl (C=O) groups is 1. The van der Waals surface area contributed by atoms with Gasteiger partial charge in [-0.15, -0.1) is 0 Å². The van der Waals surface area contributed by atoms with Crippen LogP contribution in [0.4, 0.5) is 0 Å². The van der Waals surface area contributed by atoms with Crippen molar-refractivity contribution in [1.29, 1.82) is 0 Å². The number of aliphatic hydroxyl groups excluding tert-OH is 1. The number of rotatable bonds is 5. The van der Waals surface area contributed by atoms with Crippen LogP contribution < -0.4 is 0 Å². The fourth-order valence-electron chi connectivity index (χ4n) is 0.627. The van der Waals surface area contributed by atoms with Crippen LogP contribution in [0.1, 0.15) is 26.2 Å². The number of aliphatic hydroxyl groups is 1. The van der Waals surface area contributed by atoms with Gasteiger partial charge in [0.2, 0.25) is 0 Å². The van der Waals surface area contributed by atoms with Crippen molar-refractivity contribution in [1.82, 2.24) is 0 Å². The van der Waals surface area contributed by atoms with Crippen LogP contribution in [0.3, 0.4) is 0 Å². The summed E-state index contributed by atoms with van der Waals surface area (Å²) in [5.74, 6) is 0. The van der Waals surface area contributed by atoms with Crippen molar-refractivity contribution in [3.05, 3.63) is 12.2 Å². The lowest BCUT2D eigenvalue weighted by Crippen LogP contribution is -2.04. The van der Waals surface area contributed by atoms with Gasteiger partial charge in [0.1, 0.15) is 6.29 Å². The molecular weight excluding hydrogens is 128 g/mol. The van der Waals surface area contributed by atoms with Crippen molar-refractivity contribution in [2.24, 2.45) is 0 Å². The van der Waals surface area contributed by atoms with Gasteiger partial charge in [0.05, 0.1) is 6.10 Å². The summed E-state index contributed by atoms with van der Waals surface area (Å²) < 4.78 is 0. The highest BCUT2D eigenvalue weighted by Crippen LogP contribution is 1.96. The molecule has 1 unspecified atom stereocenters. The quantitative estimate of drug-likeness (QED) is 0.464. The Morgan fingerprint density at radius 3 is 2.60 bits per heavy atom. The molecule has 0 heterocycles. The summed E-state index contributed by atoms with van der Waals surface area (Å²) in [4.78, 5) is 9.86. The zero-order valence-electron chi connectivity index (χ0n) is 6.29. The second-order valence-corrected chi connectivity index (χ2v) is 2.17. The van der Waals surface area contributed by atoms with Crippen molar-refractivity contribution in [3.8, 4) is 0 Å². The molecule has 0 amide bonds. The Morgan fingerprint density at radius 1 is 1.40 bits per heavy atom. The van der Waals surface area contributed by atoms with E-state index in [4.69, 9.17) is 5.11 Å². The average molecular weight is 142 g/mol. The third-order valence-corrected chi connectivity index (χ3v) is 1.18. The second kappa shape index (κ2) is 6.49. The number of carbonyl (C=O) groups excluding carboxylic acids is 1. The highest BCUT2D eigenvalue weighted by atomic mass is 16.3. The number of aldehydes is 1. The third kappa shape index (κ3) is 5.51. The van der Waals surface area contributed by atoms with Gasteiger partial charge >= 0.3 is 0 Å². The minimum atomic E-state index is -0.486. The van der Waals surface area contributed by atoms with Crippen molar-refractivity contribution in [2.75, 3.05) is 0 Å². The zero-order chi connectivity index (χ0) is 7.82. The van der Waals surface area contributed by atoms with E-state index in [0.29, 0.717) is 6.42 Å². The summed E-state index contributed by atoms with van der Waals surface area (Å²) in [5, 5.41) is 8.99. The molecule has 10 heavy (non-hydrogen) atoms. The zero-order valence-corrected chi connectivity index (χ0v) is 6.29. The van der Waals surface area contributed by atoms with Crippen LogP contribution >= 0.6 is 0 Å². The lowest BCUT2D eigenvalue weighted by Gasteiger charge is -1.99.